The van der Waals surface area contributed by atoms with E-state index < -0.39 is 5.60 Å². The lowest BCUT2D eigenvalue weighted by molar-refractivity contribution is -0.0935. The van der Waals surface area contributed by atoms with Gasteiger partial charge < -0.3 is 14.6 Å². The molecule has 1 N–H and O–H groups in total. The highest BCUT2D eigenvalue weighted by Crippen LogP contribution is 2.42. The van der Waals surface area contributed by atoms with Crippen LogP contribution in [-0.2, 0) is 9.47 Å². The van der Waals surface area contributed by atoms with E-state index in [1.165, 1.54) is 0 Å². The summed E-state index contributed by atoms with van der Waals surface area (Å²) in [5.41, 5.74) is -0.527. The molecule has 1 fully saturated rings. The van der Waals surface area contributed by atoms with Crippen LogP contribution in [0.25, 0.3) is 0 Å². The fourth-order valence-corrected chi connectivity index (χ4v) is 3.23. The van der Waals surface area contributed by atoms with E-state index >= 15 is 0 Å². The molecule has 104 valence electrons. The second-order valence-electron chi connectivity index (χ2n) is 6.30. The molecule has 3 heteroatoms. The average Bonchev–Trinajstić information content (AvgIpc) is 2.83. The predicted molar refractivity (Wildman–Crippen MR) is 70.6 cm³/mol. The van der Waals surface area contributed by atoms with Crippen molar-refractivity contribution in [3.63, 3.8) is 0 Å². The molecule has 18 heavy (non-hydrogen) atoms. The Morgan fingerprint density at radius 3 is 2.56 bits per heavy atom. The first-order valence-electron chi connectivity index (χ1n) is 7.19. The number of rotatable bonds is 4. The lowest BCUT2D eigenvalue weighted by Gasteiger charge is -2.43. The smallest absolute Gasteiger partial charge is 0.239 e. The maximum atomic E-state index is 10.8. The summed E-state index contributed by atoms with van der Waals surface area (Å²) in [6.07, 6.45) is 7.69. The van der Waals surface area contributed by atoms with Gasteiger partial charge in [-0.3, -0.25) is 0 Å². The van der Waals surface area contributed by atoms with E-state index in [2.05, 4.69) is 20.8 Å². The maximum absolute atomic E-state index is 10.8. The fourth-order valence-electron chi connectivity index (χ4n) is 3.23. The van der Waals surface area contributed by atoms with E-state index in [4.69, 9.17) is 9.47 Å². The van der Waals surface area contributed by atoms with E-state index in [9.17, 15) is 5.11 Å². The van der Waals surface area contributed by atoms with Crippen LogP contribution in [0.5, 0.6) is 0 Å². The zero-order valence-electron chi connectivity index (χ0n) is 11.8. The van der Waals surface area contributed by atoms with E-state index in [0.717, 1.165) is 43.9 Å². The minimum atomic E-state index is -0.527. The molecule has 1 saturated carbocycles. The third-order valence-electron chi connectivity index (χ3n) is 4.79. The van der Waals surface area contributed by atoms with Crippen molar-refractivity contribution in [1.29, 1.82) is 0 Å². The summed E-state index contributed by atoms with van der Waals surface area (Å²) >= 11 is 0. The number of hydrogen-bond acceptors (Lipinski definition) is 3. The molecule has 0 aromatic rings. The van der Waals surface area contributed by atoms with Gasteiger partial charge in [0.1, 0.15) is 12.5 Å². The number of hydrogen-bond donors (Lipinski definition) is 1. The van der Waals surface area contributed by atoms with Crippen molar-refractivity contribution >= 4 is 0 Å². The highest BCUT2D eigenvalue weighted by molar-refractivity contribution is 4.91. The second kappa shape index (κ2) is 5.52. The molecule has 3 nitrogen and oxygen atoms in total. The molecule has 3 atom stereocenters. The molecule has 1 aliphatic carbocycles. The van der Waals surface area contributed by atoms with Gasteiger partial charge in [-0.1, -0.05) is 20.8 Å². The Labute approximate surface area is 110 Å². The van der Waals surface area contributed by atoms with Crippen molar-refractivity contribution in [1.82, 2.24) is 0 Å². The van der Waals surface area contributed by atoms with Gasteiger partial charge in [0.2, 0.25) is 6.29 Å². The average molecular weight is 254 g/mol. The molecular formula is C15H26O3. The van der Waals surface area contributed by atoms with Crippen molar-refractivity contribution < 1.29 is 14.6 Å². The van der Waals surface area contributed by atoms with Gasteiger partial charge >= 0.3 is 0 Å². The van der Waals surface area contributed by atoms with Gasteiger partial charge in [-0.25, -0.2) is 0 Å². The monoisotopic (exact) mass is 254 g/mol. The third-order valence-corrected chi connectivity index (χ3v) is 4.79. The first-order chi connectivity index (χ1) is 8.51. The molecule has 0 aromatic carbocycles. The quantitative estimate of drug-likeness (QED) is 0.835. The van der Waals surface area contributed by atoms with Gasteiger partial charge in [-0.15, -0.1) is 0 Å². The van der Waals surface area contributed by atoms with Crippen LogP contribution in [0.2, 0.25) is 0 Å². The molecular weight excluding hydrogens is 228 g/mol. The fraction of sp³-hybridized carbons (Fsp3) is 0.867. The topological polar surface area (TPSA) is 38.7 Å². The van der Waals surface area contributed by atoms with Crippen LogP contribution in [-0.4, -0.2) is 17.0 Å². The molecule has 0 amide bonds. The Morgan fingerprint density at radius 1 is 1.33 bits per heavy atom. The van der Waals surface area contributed by atoms with Crippen LogP contribution >= 0.6 is 0 Å². The van der Waals surface area contributed by atoms with Gasteiger partial charge in [0.15, 0.2) is 0 Å². The van der Waals surface area contributed by atoms with Crippen LogP contribution < -0.4 is 0 Å². The molecule has 0 radical (unpaired) electrons. The molecule has 0 aromatic heterocycles. The second-order valence-corrected chi connectivity index (χ2v) is 6.30. The Balaban J connectivity index is 1.83. The highest BCUT2D eigenvalue weighted by Gasteiger charge is 2.40. The summed E-state index contributed by atoms with van der Waals surface area (Å²) < 4.78 is 10.5. The molecule has 0 bridgehead atoms. The van der Waals surface area contributed by atoms with E-state index in [1.807, 2.05) is 0 Å². The van der Waals surface area contributed by atoms with Crippen LogP contribution in [0.15, 0.2) is 12.5 Å². The minimum absolute atomic E-state index is 0.191. The maximum Gasteiger partial charge on any atom is 0.239 e. The Kier molecular flexibility index (Phi) is 4.21. The van der Waals surface area contributed by atoms with Crippen molar-refractivity contribution in [2.24, 2.45) is 17.8 Å². The lowest BCUT2D eigenvalue weighted by Crippen LogP contribution is -2.43. The molecule has 1 heterocycles. The van der Waals surface area contributed by atoms with E-state index in [1.54, 1.807) is 12.5 Å². The predicted octanol–water partition coefficient (Wildman–Crippen LogP) is 3.43. The van der Waals surface area contributed by atoms with Crippen molar-refractivity contribution in [3.05, 3.63) is 12.5 Å². The zero-order valence-corrected chi connectivity index (χ0v) is 11.8. The Morgan fingerprint density at radius 2 is 2.00 bits per heavy atom. The van der Waals surface area contributed by atoms with Crippen LogP contribution in [0, 0.1) is 17.8 Å². The molecule has 2 aliphatic rings. The molecule has 0 saturated heterocycles. The summed E-state index contributed by atoms with van der Waals surface area (Å²) in [7, 11) is 0. The summed E-state index contributed by atoms with van der Waals surface area (Å²) in [6.45, 7) is 6.75. The van der Waals surface area contributed by atoms with Gasteiger partial charge in [-0.05, 0) is 43.4 Å². The van der Waals surface area contributed by atoms with E-state index in [-0.39, 0.29) is 6.29 Å². The first kappa shape index (κ1) is 13.7. The molecule has 2 rings (SSSR count). The van der Waals surface area contributed by atoms with Crippen LogP contribution in [0.3, 0.4) is 0 Å². The normalized spacial score (nSPS) is 36.7. The SMILES string of the molecule is CC(C)C1CCC(O)(CCC2OC=CO2)C(C)C1. The summed E-state index contributed by atoms with van der Waals surface area (Å²) in [5.74, 6) is 1.86. The highest BCUT2D eigenvalue weighted by atomic mass is 16.7. The molecule has 1 aliphatic heterocycles. The standard InChI is InChI=1S/C15H26O3/c1-11(2)13-4-6-15(16,12(3)10-13)7-5-14-17-8-9-18-14/h8-9,11-14,16H,4-7,10H2,1-3H3. The van der Waals surface area contributed by atoms with E-state index in [0.29, 0.717) is 5.92 Å². The zero-order chi connectivity index (χ0) is 13.2. The van der Waals surface area contributed by atoms with Crippen molar-refractivity contribution in [3.8, 4) is 0 Å². The van der Waals surface area contributed by atoms with Crippen LogP contribution in [0.1, 0.15) is 52.9 Å². The molecule has 3 unspecified atom stereocenters. The van der Waals surface area contributed by atoms with Gasteiger partial charge in [0, 0.05) is 6.42 Å². The largest absolute Gasteiger partial charge is 0.459 e. The summed E-state index contributed by atoms with van der Waals surface area (Å²) in [5, 5.41) is 10.8. The van der Waals surface area contributed by atoms with Gasteiger partial charge in [0.25, 0.3) is 0 Å². The summed E-state index contributed by atoms with van der Waals surface area (Å²) in [4.78, 5) is 0. The van der Waals surface area contributed by atoms with Gasteiger partial charge in [-0.2, -0.15) is 0 Å². The lowest BCUT2D eigenvalue weighted by atomic mass is 9.67. The van der Waals surface area contributed by atoms with Gasteiger partial charge in [0.05, 0.1) is 5.60 Å². The number of ether oxygens (including phenoxy) is 2. The van der Waals surface area contributed by atoms with Crippen LogP contribution in [0.4, 0.5) is 0 Å². The van der Waals surface area contributed by atoms with Crippen molar-refractivity contribution in [2.45, 2.75) is 64.8 Å². The Bertz CT molecular complexity index is 292. The summed E-state index contributed by atoms with van der Waals surface area (Å²) in [6, 6.07) is 0. The Hall–Kier alpha value is -0.700. The minimum Gasteiger partial charge on any atom is -0.459 e. The molecule has 0 spiro atoms. The third kappa shape index (κ3) is 3.00. The number of aliphatic hydroxyl groups is 1. The van der Waals surface area contributed by atoms with Crippen molar-refractivity contribution in [2.75, 3.05) is 0 Å². The first-order valence-corrected chi connectivity index (χ1v) is 7.19.